The Bertz CT molecular complexity index is 1370. The molecule has 0 N–H and O–H groups in total. The maximum absolute atomic E-state index is 15.4. The standard InChI is InChI=1S/C29H30F4N2O7/c1-15(2)14-39-25-20(17-7-8-17)10-18(13-34-25)40-24-12-22(30)21(11-19(24)16-5-6-16)26(36)35-9-3-4-23(35)27(37)41-42-28(38)29(31,32)33/h10-13,15-17,23H,3-9,14H2,1-2H3/t23-/m0/s1. The molecule has 2 aromatic rings. The van der Waals surface area contributed by atoms with Crippen LogP contribution >= 0.6 is 0 Å². The lowest BCUT2D eigenvalue weighted by Gasteiger charge is -2.23. The molecule has 13 heteroatoms. The molecule has 0 bridgehead atoms. The van der Waals surface area contributed by atoms with Gasteiger partial charge in [-0.05, 0) is 74.0 Å². The van der Waals surface area contributed by atoms with Crippen molar-refractivity contribution in [1.82, 2.24) is 9.88 Å². The van der Waals surface area contributed by atoms with Gasteiger partial charge in [-0.2, -0.15) is 13.2 Å². The van der Waals surface area contributed by atoms with Gasteiger partial charge in [-0.25, -0.2) is 28.7 Å². The number of pyridine rings is 1. The Morgan fingerprint density at radius 3 is 2.33 bits per heavy atom. The zero-order valence-electron chi connectivity index (χ0n) is 23.0. The van der Waals surface area contributed by atoms with Gasteiger partial charge in [-0.1, -0.05) is 13.8 Å². The molecule has 1 amide bonds. The predicted octanol–water partition coefficient (Wildman–Crippen LogP) is 5.97. The van der Waals surface area contributed by atoms with Crippen LogP contribution in [0.5, 0.6) is 17.4 Å². The third kappa shape index (κ3) is 6.76. The van der Waals surface area contributed by atoms with Crippen molar-refractivity contribution < 1.29 is 51.2 Å². The molecule has 5 rings (SSSR count). The number of halogens is 4. The lowest BCUT2D eigenvalue weighted by molar-refractivity contribution is -0.287. The van der Waals surface area contributed by atoms with Crippen molar-refractivity contribution in [2.75, 3.05) is 13.2 Å². The van der Waals surface area contributed by atoms with Crippen LogP contribution in [0.15, 0.2) is 24.4 Å². The molecule has 9 nitrogen and oxygen atoms in total. The molecule has 0 radical (unpaired) electrons. The van der Waals surface area contributed by atoms with E-state index in [1.165, 1.54) is 12.3 Å². The van der Waals surface area contributed by atoms with Crippen LogP contribution in [0.2, 0.25) is 0 Å². The van der Waals surface area contributed by atoms with E-state index in [-0.39, 0.29) is 30.2 Å². The van der Waals surface area contributed by atoms with Gasteiger partial charge in [0.15, 0.2) is 0 Å². The number of alkyl halides is 3. The molecule has 3 aliphatic rings. The van der Waals surface area contributed by atoms with E-state index >= 15 is 4.39 Å². The van der Waals surface area contributed by atoms with Crippen molar-refractivity contribution in [2.24, 2.45) is 5.92 Å². The van der Waals surface area contributed by atoms with Crippen LogP contribution in [0.3, 0.4) is 0 Å². The van der Waals surface area contributed by atoms with Crippen LogP contribution in [0.25, 0.3) is 0 Å². The SMILES string of the molecule is CC(C)COc1ncc(Oc2cc(F)c(C(=O)N3CCC[C@H]3C(=O)OOC(=O)C(F)(F)F)cc2C2CC2)cc1C1CC1. The fourth-order valence-electron chi connectivity index (χ4n) is 4.81. The summed E-state index contributed by atoms with van der Waals surface area (Å²) in [5.41, 5.74) is 1.23. The van der Waals surface area contributed by atoms with E-state index in [0.717, 1.165) is 42.2 Å². The van der Waals surface area contributed by atoms with E-state index in [1.807, 2.05) is 19.9 Å². The molecule has 0 spiro atoms. The Morgan fingerprint density at radius 1 is 1.00 bits per heavy atom. The second kappa shape index (κ2) is 11.8. The summed E-state index contributed by atoms with van der Waals surface area (Å²) in [6.45, 7) is 4.64. The summed E-state index contributed by atoms with van der Waals surface area (Å²) in [5.74, 6) is -3.92. The minimum Gasteiger partial charge on any atom is -0.477 e. The second-order valence-corrected chi connectivity index (χ2v) is 11.2. The summed E-state index contributed by atoms with van der Waals surface area (Å²) in [6.07, 6.45) is 0.149. The number of ether oxygens (including phenoxy) is 2. The van der Waals surface area contributed by atoms with Crippen molar-refractivity contribution in [3.05, 3.63) is 46.9 Å². The molecule has 1 atom stereocenters. The van der Waals surface area contributed by atoms with Gasteiger partial charge in [0.2, 0.25) is 5.88 Å². The maximum Gasteiger partial charge on any atom is 0.495 e. The smallest absolute Gasteiger partial charge is 0.477 e. The van der Waals surface area contributed by atoms with Crippen LogP contribution in [-0.4, -0.2) is 53.1 Å². The molecule has 2 aliphatic carbocycles. The summed E-state index contributed by atoms with van der Waals surface area (Å²) in [7, 11) is 0. The molecular formula is C29H30F4N2O7. The second-order valence-electron chi connectivity index (χ2n) is 11.2. The van der Waals surface area contributed by atoms with Gasteiger partial charge in [0, 0.05) is 18.2 Å². The fraction of sp³-hybridized carbons (Fsp3) is 0.517. The van der Waals surface area contributed by atoms with Gasteiger partial charge in [0.25, 0.3) is 5.91 Å². The average Bonchev–Trinajstić information content (AvgIpc) is 3.88. The van der Waals surface area contributed by atoms with Crippen LogP contribution in [-0.2, 0) is 19.4 Å². The predicted molar refractivity (Wildman–Crippen MR) is 137 cm³/mol. The number of benzene rings is 1. The van der Waals surface area contributed by atoms with Crippen molar-refractivity contribution in [1.29, 1.82) is 0 Å². The maximum atomic E-state index is 15.4. The lowest BCUT2D eigenvalue weighted by Crippen LogP contribution is -2.42. The van der Waals surface area contributed by atoms with E-state index in [9.17, 15) is 27.6 Å². The van der Waals surface area contributed by atoms with Gasteiger partial charge >= 0.3 is 18.1 Å². The first-order valence-electron chi connectivity index (χ1n) is 13.9. The summed E-state index contributed by atoms with van der Waals surface area (Å²) in [5, 5.41) is 0. The molecule has 1 aliphatic heterocycles. The van der Waals surface area contributed by atoms with E-state index in [0.29, 0.717) is 42.1 Å². The normalized spacial score (nSPS) is 18.6. The number of rotatable bonds is 9. The van der Waals surface area contributed by atoms with E-state index < -0.39 is 35.9 Å². The number of carbonyl (C=O) groups is 3. The topological polar surface area (TPSA) is 104 Å². The largest absolute Gasteiger partial charge is 0.495 e. The van der Waals surface area contributed by atoms with Crippen molar-refractivity contribution in [2.45, 2.75) is 76.4 Å². The van der Waals surface area contributed by atoms with Gasteiger partial charge in [-0.3, -0.25) is 4.79 Å². The Balaban J connectivity index is 1.34. The van der Waals surface area contributed by atoms with Crippen LogP contribution in [0, 0.1) is 11.7 Å². The molecule has 1 aromatic heterocycles. The van der Waals surface area contributed by atoms with E-state index in [4.69, 9.17) is 9.47 Å². The minimum atomic E-state index is -5.36. The highest BCUT2D eigenvalue weighted by Crippen LogP contribution is 2.48. The number of amides is 1. The Kier molecular flexibility index (Phi) is 8.29. The molecule has 1 saturated heterocycles. The number of likely N-dealkylation sites (tertiary alicyclic amines) is 1. The summed E-state index contributed by atoms with van der Waals surface area (Å²) >= 11 is 0. The highest BCUT2D eigenvalue weighted by molar-refractivity contribution is 5.98. The van der Waals surface area contributed by atoms with Gasteiger partial charge in [-0.15, -0.1) is 0 Å². The monoisotopic (exact) mass is 594 g/mol. The van der Waals surface area contributed by atoms with Crippen LogP contribution < -0.4 is 9.47 Å². The first-order chi connectivity index (χ1) is 19.9. The van der Waals surface area contributed by atoms with Crippen LogP contribution in [0.4, 0.5) is 17.6 Å². The number of nitrogens with zero attached hydrogens (tertiary/aromatic N) is 2. The summed E-state index contributed by atoms with van der Waals surface area (Å²) in [6, 6.07) is 3.02. The molecule has 1 aromatic carbocycles. The third-order valence-electron chi connectivity index (χ3n) is 7.22. The fourth-order valence-corrected chi connectivity index (χ4v) is 4.81. The highest BCUT2D eigenvalue weighted by Gasteiger charge is 2.44. The van der Waals surface area contributed by atoms with Gasteiger partial charge in [0.1, 0.15) is 23.4 Å². The molecule has 42 heavy (non-hydrogen) atoms. The number of aromatic nitrogens is 1. The van der Waals surface area contributed by atoms with Gasteiger partial charge in [0.05, 0.1) is 18.4 Å². The number of hydrogen-bond donors (Lipinski definition) is 0. The van der Waals surface area contributed by atoms with E-state index in [1.54, 1.807) is 0 Å². The number of carbonyl (C=O) groups excluding carboxylic acids is 3. The average molecular weight is 595 g/mol. The summed E-state index contributed by atoms with van der Waals surface area (Å²) in [4.78, 5) is 49.6. The zero-order chi connectivity index (χ0) is 30.2. The van der Waals surface area contributed by atoms with Crippen LogP contribution in [0.1, 0.15) is 85.7 Å². The molecule has 2 saturated carbocycles. The Labute approximate surface area is 239 Å². The van der Waals surface area contributed by atoms with Crippen molar-refractivity contribution in [3.63, 3.8) is 0 Å². The molecule has 3 fully saturated rings. The van der Waals surface area contributed by atoms with Crippen molar-refractivity contribution >= 4 is 17.8 Å². The quantitative estimate of drug-likeness (QED) is 0.199. The molecule has 226 valence electrons. The third-order valence-corrected chi connectivity index (χ3v) is 7.22. The molecule has 2 heterocycles. The zero-order valence-corrected chi connectivity index (χ0v) is 23.0. The Morgan fingerprint density at radius 2 is 1.69 bits per heavy atom. The minimum absolute atomic E-state index is 0.0309. The Hall–Kier alpha value is -3.90. The first kappa shape index (κ1) is 29.6. The van der Waals surface area contributed by atoms with Gasteiger partial charge < -0.3 is 14.4 Å². The summed E-state index contributed by atoms with van der Waals surface area (Å²) < 4.78 is 64.5. The van der Waals surface area contributed by atoms with E-state index in [2.05, 4.69) is 14.8 Å². The van der Waals surface area contributed by atoms with Crippen molar-refractivity contribution in [3.8, 4) is 17.4 Å². The first-order valence-corrected chi connectivity index (χ1v) is 13.9. The molecular weight excluding hydrogens is 564 g/mol. The number of hydrogen-bond acceptors (Lipinski definition) is 8. The molecule has 0 unspecified atom stereocenters. The lowest BCUT2D eigenvalue weighted by atomic mass is 10.0. The highest BCUT2D eigenvalue weighted by atomic mass is 19.4.